The molecule has 1 heterocycles. The zero-order valence-electron chi connectivity index (χ0n) is 13.2. The Kier molecular flexibility index (Phi) is 4.24. The lowest BCUT2D eigenvalue weighted by Crippen LogP contribution is -2.10. The molecule has 0 bridgehead atoms. The highest BCUT2D eigenvalue weighted by molar-refractivity contribution is 5.95. The van der Waals surface area contributed by atoms with Crippen molar-refractivity contribution in [1.82, 2.24) is 4.98 Å². The Morgan fingerprint density at radius 1 is 1.00 bits per heavy atom. The summed E-state index contributed by atoms with van der Waals surface area (Å²) in [7, 11) is 0. The summed E-state index contributed by atoms with van der Waals surface area (Å²) in [6, 6.07) is 14.6. The minimum Gasteiger partial charge on any atom is -0.462 e. The number of aromatic nitrogens is 1. The van der Waals surface area contributed by atoms with Gasteiger partial charge in [-0.2, -0.15) is 0 Å². The molecule has 0 fully saturated rings. The number of nitrogens with two attached hydrogens (primary N) is 1. The van der Waals surface area contributed by atoms with Gasteiger partial charge in [0.1, 0.15) is 0 Å². The van der Waals surface area contributed by atoms with Gasteiger partial charge in [0.15, 0.2) is 0 Å². The molecule has 1 amide bonds. The number of fused-ring (bicyclic) bond motifs is 1. The summed E-state index contributed by atoms with van der Waals surface area (Å²) < 4.78 is 5.00. The molecule has 0 aliphatic rings. The van der Waals surface area contributed by atoms with Gasteiger partial charge in [0.25, 0.3) is 0 Å². The molecule has 0 radical (unpaired) electrons. The van der Waals surface area contributed by atoms with Crippen LogP contribution in [0.2, 0.25) is 0 Å². The van der Waals surface area contributed by atoms with Gasteiger partial charge >= 0.3 is 5.97 Å². The quantitative estimate of drug-likeness (QED) is 0.748. The third-order valence-electron chi connectivity index (χ3n) is 3.70. The average Bonchev–Trinajstić information content (AvgIpc) is 2.61. The SMILES string of the molecule is CCOC(=O)c1cnc2ccc(-c3ccc(C(N)=O)cc3)cc2c1. The Hall–Kier alpha value is -3.21. The highest BCUT2D eigenvalue weighted by atomic mass is 16.5. The van der Waals surface area contributed by atoms with E-state index in [0.717, 1.165) is 22.0 Å². The van der Waals surface area contributed by atoms with E-state index in [9.17, 15) is 9.59 Å². The molecule has 1 aromatic heterocycles. The average molecular weight is 320 g/mol. The van der Waals surface area contributed by atoms with Crippen molar-refractivity contribution < 1.29 is 14.3 Å². The van der Waals surface area contributed by atoms with Gasteiger partial charge in [-0.05, 0) is 48.4 Å². The lowest BCUT2D eigenvalue weighted by atomic mass is 10.0. The predicted molar refractivity (Wildman–Crippen MR) is 91.7 cm³/mol. The molecule has 5 nitrogen and oxygen atoms in total. The molecule has 120 valence electrons. The monoisotopic (exact) mass is 320 g/mol. The number of carbonyl (C=O) groups is 2. The van der Waals surface area contributed by atoms with Gasteiger partial charge in [0.05, 0.1) is 17.7 Å². The smallest absolute Gasteiger partial charge is 0.339 e. The maximum atomic E-state index is 11.8. The molecule has 3 rings (SSSR count). The Balaban J connectivity index is 2.00. The second-order valence-electron chi connectivity index (χ2n) is 5.29. The van der Waals surface area contributed by atoms with Crippen molar-refractivity contribution in [3.8, 4) is 11.1 Å². The van der Waals surface area contributed by atoms with Gasteiger partial charge < -0.3 is 10.5 Å². The summed E-state index contributed by atoms with van der Waals surface area (Å²) in [5.74, 6) is -0.841. The number of primary amides is 1. The number of pyridine rings is 1. The lowest BCUT2D eigenvalue weighted by Gasteiger charge is -2.06. The Morgan fingerprint density at radius 3 is 2.38 bits per heavy atom. The first kappa shape index (κ1) is 15.7. The molecule has 0 aliphatic carbocycles. The van der Waals surface area contributed by atoms with Gasteiger partial charge in [-0.25, -0.2) is 4.79 Å². The van der Waals surface area contributed by atoms with E-state index in [1.54, 1.807) is 25.1 Å². The van der Waals surface area contributed by atoms with Gasteiger partial charge in [0, 0.05) is 17.1 Å². The third-order valence-corrected chi connectivity index (χ3v) is 3.70. The molecule has 0 saturated carbocycles. The van der Waals surface area contributed by atoms with Crippen LogP contribution in [-0.2, 0) is 4.74 Å². The van der Waals surface area contributed by atoms with Crippen molar-refractivity contribution in [2.75, 3.05) is 6.61 Å². The topological polar surface area (TPSA) is 82.3 Å². The first-order valence-corrected chi connectivity index (χ1v) is 7.55. The van der Waals surface area contributed by atoms with E-state index in [-0.39, 0.29) is 5.97 Å². The van der Waals surface area contributed by atoms with E-state index in [4.69, 9.17) is 10.5 Å². The number of esters is 1. The molecule has 0 atom stereocenters. The van der Waals surface area contributed by atoms with Crippen molar-refractivity contribution in [3.63, 3.8) is 0 Å². The summed E-state index contributed by atoms with van der Waals surface area (Å²) in [5, 5.41) is 0.844. The second kappa shape index (κ2) is 6.50. The molecule has 24 heavy (non-hydrogen) atoms. The molecular formula is C19H16N2O3. The molecule has 0 unspecified atom stereocenters. The summed E-state index contributed by atoms with van der Waals surface area (Å²) in [5.41, 5.74) is 8.84. The fourth-order valence-electron chi connectivity index (χ4n) is 2.46. The molecular weight excluding hydrogens is 304 g/mol. The van der Waals surface area contributed by atoms with E-state index in [0.29, 0.717) is 17.7 Å². The van der Waals surface area contributed by atoms with Crippen molar-refractivity contribution in [2.24, 2.45) is 5.73 Å². The molecule has 0 saturated heterocycles. The molecule has 2 N–H and O–H groups in total. The van der Waals surface area contributed by atoms with Crippen LogP contribution in [0.5, 0.6) is 0 Å². The van der Waals surface area contributed by atoms with Crippen LogP contribution in [0, 0.1) is 0 Å². The first-order chi connectivity index (χ1) is 11.6. The number of amides is 1. The largest absolute Gasteiger partial charge is 0.462 e. The zero-order chi connectivity index (χ0) is 17.1. The Labute approximate surface area is 139 Å². The van der Waals surface area contributed by atoms with Crippen molar-refractivity contribution in [1.29, 1.82) is 0 Å². The van der Waals surface area contributed by atoms with Crippen LogP contribution in [0.1, 0.15) is 27.6 Å². The number of hydrogen-bond acceptors (Lipinski definition) is 4. The first-order valence-electron chi connectivity index (χ1n) is 7.55. The van der Waals surface area contributed by atoms with Crippen molar-refractivity contribution >= 4 is 22.8 Å². The van der Waals surface area contributed by atoms with Crippen LogP contribution < -0.4 is 5.73 Å². The standard InChI is InChI=1S/C19H16N2O3/c1-2-24-19(23)16-10-15-9-14(7-8-17(15)21-11-16)12-3-5-13(6-4-12)18(20)22/h3-11H,2H2,1H3,(H2,20,22). The van der Waals surface area contributed by atoms with Crippen LogP contribution in [0.15, 0.2) is 54.7 Å². The van der Waals surface area contributed by atoms with E-state index in [1.807, 2.05) is 30.3 Å². The van der Waals surface area contributed by atoms with E-state index >= 15 is 0 Å². The normalized spacial score (nSPS) is 10.5. The van der Waals surface area contributed by atoms with Crippen LogP contribution in [0.3, 0.4) is 0 Å². The lowest BCUT2D eigenvalue weighted by molar-refractivity contribution is 0.0526. The maximum Gasteiger partial charge on any atom is 0.339 e. The van der Waals surface area contributed by atoms with Crippen LogP contribution in [0.4, 0.5) is 0 Å². The van der Waals surface area contributed by atoms with Gasteiger partial charge in [-0.3, -0.25) is 9.78 Å². The predicted octanol–water partition coefficient (Wildman–Crippen LogP) is 3.18. The van der Waals surface area contributed by atoms with Crippen LogP contribution in [-0.4, -0.2) is 23.5 Å². The molecule has 5 heteroatoms. The maximum absolute atomic E-state index is 11.8. The van der Waals surface area contributed by atoms with Gasteiger partial charge in [0.2, 0.25) is 5.91 Å². The molecule has 0 aliphatic heterocycles. The van der Waals surface area contributed by atoms with Crippen LogP contribution >= 0.6 is 0 Å². The molecule has 3 aromatic rings. The summed E-state index contributed by atoms with van der Waals surface area (Å²) in [6.45, 7) is 2.09. The highest BCUT2D eigenvalue weighted by Crippen LogP contribution is 2.24. The number of hydrogen-bond donors (Lipinski definition) is 1. The minimum absolute atomic E-state index is 0.323. The minimum atomic E-state index is -0.455. The van der Waals surface area contributed by atoms with E-state index < -0.39 is 5.91 Å². The van der Waals surface area contributed by atoms with E-state index in [1.165, 1.54) is 6.20 Å². The molecule has 0 spiro atoms. The number of carbonyl (C=O) groups excluding carboxylic acids is 2. The van der Waals surface area contributed by atoms with E-state index in [2.05, 4.69) is 4.98 Å². The fourth-order valence-corrected chi connectivity index (χ4v) is 2.46. The number of benzene rings is 2. The Morgan fingerprint density at radius 2 is 1.71 bits per heavy atom. The van der Waals surface area contributed by atoms with Crippen molar-refractivity contribution in [3.05, 3.63) is 65.9 Å². The number of rotatable bonds is 4. The zero-order valence-corrected chi connectivity index (χ0v) is 13.2. The fraction of sp³-hybridized carbons (Fsp3) is 0.105. The van der Waals surface area contributed by atoms with Gasteiger partial charge in [-0.1, -0.05) is 18.2 Å². The number of ether oxygens (including phenoxy) is 1. The third kappa shape index (κ3) is 3.10. The highest BCUT2D eigenvalue weighted by Gasteiger charge is 2.09. The van der Waals surface area contributed by atoms with Gasteiger partial charge in [-0.15, -0.1) is 0 Å². The number of nitrogens with zero attached hydrogens (tertiary/aromatic N) is 1. The summed E-state index contributed by atoms with van der Waals surface area (Å²) >= 11 is 0. The summed E-state index contributed by atoms with van der Waals surface area (Å²) in [4.78, 5) is 27.3. The second-order valence-corrected chi connectivity index (χ2v) is 5.29. The molecule has 2 aromatic carbocycles. The Bertz CT molecular complexity index is 918. The van der Waals surface area contributed by atoms with Crippen LogP contribution in [0.25, 0.3) is 22.0 Å². The summed E-state index contributed by atoms with van der Waals surface area (Å²) in [6.07, 6.45) is 1.52. The van der Waals surface area contributed by atoms with Crippen molar-refractivity contribution in [2.45, 2.75) is 6.92 Å².